The zero-order valence-electron chi connectivity index (χ0n) is 16.9. The van der Waals surface area contributed by atoms with Gasteiger partial charge in [0.1, 0.15) is 18.2 Å². The van der Waals surface area contributed by atoms with Crippen molar-refractivity contribution >= 4 is 11.6 Å². The summed E-state index contributed by atoms with van der Waals surface area (Å²) >= 11 is 0. The highest BCUT2D eigenvalue weighted by Crippen LogP contribution is 2.19. The van der Waals surface area contributed by atoms with Crippen molar-refractivity contribution in [2.75, 3.05) is 11.4 Å². The van der Waals surface area contributed by atoms with Crippen molar-refractivity contribution < 1.29 is 9.18 Å². The zero-order valence-corrected chi connectivity index (χ0v) is 16.9. The van der Waals surface area contributed by atoms with Crippen LogP contribution in [0.1, 0.15) is 25.1 Å². The molecule has 6 heteroatoms. The Morgan fingerprint density at radius 3 is 2.45 bits per heavy atom. The molecule has 0 spiro atoms. The summed E-state index contributed by atoms with van der Waals surface area (Å²) in [4.78, 5) is 32.0. The number of amides is 1. The summed E-state index contributed by atoms with van der Waals surface area (Å²) in [6.45, 7) is 6.09. The van der Waals surface area contributed by atoms with Gasteiger partial charge in [0.2, 0.25) is 5.91 Å². The first-order valence-electron chi connectivity index (χ1n) is 9.66. The first-order chi connectivity index (χ1) is 13.9. The van der Waals surface area contributed by atoms with E-state index in [9.17, 15) is 14.0 Å². The first kappa shape index (κ1) is 20.5. The average molecular weight is 393 g/mol. The molecule has 1 amide bonds. The lowest BCUT2D eigenvalue weighted by Crippen LogP contribution is -2.37. The largest absolute Gasteiger partial charge is 0.311 e. The molecule has 0 saturated carbocycles. The van der Waals surface area contributed by atoms with Crippen LogP contribution >= 0.6 is 0 Å². The Hall–Kier alpha value is -3.28. The second-order valence-corrected chi connectivity index (χ2v) is 6.83. The fraction of sp³-hybridized carbons (Fsp3) is 0.261. The second-order valence-electron chi connectivity index (χ2n) is 6.83. The summed E-state index contributed by atoms with van der Waals surface area (Å²) < 4.78 is 14.7. The number of carbonyl (C=O) groups is 1. The lowest BCUT2D eigenvalue weighted by Gasteiger charge is -2.23. The van der Waals surface area contributed by atoms with E-state index in [4.69, 9.17) is 0 Å². The molecular formula is C23H24FN3O2. The van der Waals surface area contributed by atoms with Crippen LogP contribution in [-0.4, -0.2) is 22.0 Å². The fourth-order valence-electron chi connectivity index (χ4n) is 3.23. The molecule has 0 aliphatic rings. The Kier molecular flexibility index (Phi) is 6.22. The van der Waals surface area contributed by atoms with E-state index in [2.05, 4.69) is 4.98 Å². The minimum Gasteiger partial charge on any atom is -0.311 e. The predicted molar refractivity (Wildman–Crippen MR) is 112 cm³/mol. The van der Waals surface area contributed by atoms with Crippen LogP contribution in [0.3, 0.4) is 0 Å². The predicted octanol–water partition coefficient (Wildman–Crippen LogP) is 3.97. The lowest BCUT2D eigenvalue weighted by atomic mass is 10.2. The van der Waals surface area contributed by atoms with E-state index in [1.54, 1.807) is 17.0 Å². The van der Waals surface area contributed by atoms with Gasteiger partial charge in [0.05, 0.1) is 0 Å². The van der Waals surface area contributed by atoms with Crippen LogP contribution in [-0.2, 0) is 17.8 Å². The quantitative estimate of drug-likeness (QED) is 0.637. The maximum atomic E-state index is 13.4. The standard InChI is InChI=1S/C23H24FN3O2/c1-4-19-14-21(28)27(23(25-19)17-9-11-18(24)12-10-17)15-22(29)26(5-2)20-8-6-7-16(3)13-20/h6-14H,4-5,15H2,1-3H3. The smallest absolute Gasteiger partial charge is 0.254 e. The van der Waals surface area contributed by atoms with Crippen LogP contribution in [0.2, 0.25) is 0 Å². The molecule has 0 fully saturated rings. The number of rotatable bonds is 6. The molecule has 1 heterocycles. The number of nitrogens with zero attached hydrogens (tertiary/aromatic N) is 3. The number of hydrogen-bond donors (Lipinski definition) is 0. The van der Waals surface area contributed by atoms with E-state index in [1.165, 1.54) is 22.8 Å². The molecule has 0 atom stereocenters. The van der Waals surface area contributed by atoms with Gasteiger partial charge in [-0.05, 0) is 62.2 Å². The molecule has 0 saturated heterocycles. The zero-order chi connectivity index (χ0) is 21.0. The molecule has 150 valence electrons. The Labute approximate surface area is 169 Å². The number of aromatic nitrogens is 2. The molecule has 0 radical (unpaired) electrons. The highest BCUT2D eigenvalue weighted by atomic mass is 19.1. The van der Waals surface area contributed by atoms with Gasteiger partial charge in [-0.15, -0.1) is 0 Å². The molecule has 29 heavy (non-hydrogen) atoms. The Bertz CT molecular complexity index is 1070. The molecule has 0 unspecified atom stereocenters. The lowest BCUT2D eigenvalue weighted by molar-refractivity contribution is -0.119. The van der Waals surface area contributed by atoms with Crippen LogP contribution in [0.25, 0.3) is 11.4 Å². The van der Waals surface area contributed by atoms with E-state index in [-0.39, 0.29) is 23.8 Å². The maximum absolute atomic E-state index is 13.4. The van der Waals surface area contributed by atoms with Crippen LogP contribution in [0.15, 0.2) is 59.4 Å². The minimum atomic E-state index is -0.373. The van der Waals surface area contributed by atoms with Gasteiger partial charge in [-0.25, -0.2) is 9.37 Å². The number of hydrogen-bond acceptors (Lipinski definition) is 3. The van der Waals surface area contributed by atoms with Gasteiger partial charge >= 0.3 is 0 Å². The van der Waals surface area contributed by atoms with Crippen molar-refractivity contribution in [1.29, 1.82) is 0 Å². The molecular weight excluding hydrogens is 369 g/mol. The third-order valence-corrected chi connectivity index (χ3v) is 4.75. The number of carbonyl (C=O) groups excluding carboxylic acids is 1. The summed E-state index contributed by atoms with van der Waals surface area (Å²) in [6, 6.07) is 14.9. The fourth-order valence-corrected chi connectivity index (χ4v) is 3.23. The molecule has 3 rings (SSSR count). The van der Waals surface area contributed by atoms with Crippen molar-refractivity contribution in [3.63, 3.8) is 0 Å². The number of anilines is 1. The third-order valence-electron chi connectivity index (χ3n) is 4.75. The average Bonchev–Trinajstić information content (AvgIpc) is 2.70. The topological polar surface area (TPSA) is 55.2 Å². The summed E-state index contributed by atoms with van der Waals surface area (Å²) in [5.74, 6) is -0.223. The van der Waals surface area contributed by atoms with E-state index in [0.717, 1.165) is 11.3 Å². The number of likely N-dealkylation sites (N-methyl/N-ethyl adjacent to an activating group) is 1. The van der Waals surface area contributed by atoms with Crippen LogP contribution in [0.4, 0.5) is 10.1 Å². The normalized spacial score (nSPS) is 10.8. The number of halogens is 1. The first-order valence-corrected chi connectivity index (χ1v) is 9.66. The molecule has 0 N–H and O–H groups in total. The molecule has 0 aliphatic carbocycles. The maximum Gasteiger partial charge on any atom is 0.254 e. The van der Waals surface area contributed by atoms with E-state index in [1.807, 2.05) is 45.0 Å². The molecule has 1 aromatic heterocycles. The molecule has 3 aromatic rings. The highest BCUT2D eigenvalue weighted by Gasteiger charge is 2.19. The minimum absolute atomic E-state index is 0.148. The van der Waals surface area contributed by atoms with Crippen molar-refractivity contribution in [2.45, 2.75) is 33.7 Å². The number of benzene rings is 2. The van der Waals surface area contributed by atoms with E-state index < -0.39 is 0 Å². The second kappa shape index (κ2) is 8.82. The van der Waals surface area contributed by atoms with Crippen molar-refractivity contribution in [3.05, 3.63) is 82.0 Å². The van der Waals surface area contributed by atoms with Gasteiger partial charge in [-0.3, -0.25) is 14.2 Å². The van der Waals surface area contributed by atoms with E-state index >= 15 is 0 Å². The van der Waals surface area contributed by atoms with Gasteiger partial charge in [-0.1, -0.05) is 19.1 Å². The molecule has 0 aliphatic heterocycles. The Morgan fingerprint density at radius 2 is 1.83 bits per heavy atom. The summed E-state index contributed by atoms with van der Waals surface area (Å²) in [5, 5.41) is 0. The molecule has 2 aromatic carbocycles. The van der Waals surface area contributed by atoms with Crippen molar-refractivity contribution in [1.82, 2.24) is 9.55 Å². The Balaban J connectivity index is 2.02. The van der Waals surface area contributed by atoms with Crippen molar-refractivity contribution in [2.24, 2.45) is 0 Å². The Morgan fingerprint density at radius 1 is 1.10 bits per heavy atom. The van der Waals surface area contributed by atoms with Gasteiger partial charge in [0, 0.05) is 29.6 Å². The highest BCUT2D eigenvalue weighted by molar-refractivity contribution is 5.93. The van der Waals surface area contributed by atoms with Gasteiger partial charge < -0.3 is 4.90 Å². The van der Waals surface area contributed by atoms with Crippen LogP contribution < -0.4 is 10.5 Å². The number of aryl methyl sites for hydroxylation is 2. The molecule has 0 bridgehead atoms. The third kappa shape index (κ3) is 4.59. The summed E-state index contributed by atoms with van der Waals surface area (Å²) in [7, 11) is 0. The van der Waals surface area contributed by atoms with Gasteiger partial charge in [0.15, 0.2) is 0 Å². The van der Waals surface area contributed by atoms with Crippen LogP contribution in [0, 0.1) is 12.7 Å². The van der Waals surface area contributed by atoms with Crippen LogP contribution in [0.5, 0.6) is 0 Å². The summed E-state index contributed by atoms with van der Waals surface area (Å²) in [5.41, 5.74) is 2.75. The van der Waals surface area contributed by atoms with Gasteiger partial charge in [0.25, 0.3) is 5.56 Å². The molecule has 5 nitrogen and oxygen atoms in total. The van der Waals surface area contributed by atoms with Crippen molar-refractivity contribution in [3.8, 4) is 11.4 Å². The van der Waals surface area contributed by atoms with E-state index in [0.29, 0.717) is 30.0 Å². The van der Waals surface area contributed by atoms with Gasteiger partial charge in [-0.2, -0.15) is 0 Å². The SMILES string of the molecule is CCc1cc(=O)n(CC(=O)N(CC)c2cccc(C)c2)c(-c2ccc(F)cc2)n1. The monoisotopic (exact) mass is 393 g/mol. The summed E-state index contributed by atoms with van der Waals surface area (Å²) in [6.07, 6.45) is 0.586.